The second-order valence-electron chi connectivity index (χ2n) is 2.16. The maximum atomic E-state index is 10.2. The standard InChI is InChI=1S/C6H13O3P/c1-3-5-6(4-2)9-10(7)8/h6H,3-5H2,1-2H3/p+1. The number of hydrogen-bond donors (Lipinski definition) is 1. The van der Waals surface area contributed by atoms with E-state index in [9.17, 15) is 4.57 Å². The van der Waals surface area contributed by atoms with E-state index in [1.807, 2.05) is 13.8 Å². The molecule has 0 amide bonds. The summed E-state index contributed by atoms with van der Waals surface area (Å²) in [5.41, 5.74) is 0. The minimum atomic E-state index is -2.41. The first kappa shape index (κ1) is 10.0. The summed E-state index contributed by atoms with van der Waals surface area (Å²) in [7, 11) is -2.41. The van der Waals surface area contributed by atoms with Crippen LogP contribution in [0.3, 0.4) is 0 Å². The summed E-state index contributed by atoms with van der Waals surface area (Å²) in [6.07, 6.45) is 2.61. The van der Waals surface area contributed by atoms with Crippen LogP contribution < -0.4 is 0 Å². The molecule has 2 atom stereocenters. The SMILES string of the molecule is CCCC(CC)O[P+](=O)O. The predicted octanol–water partition coefficient (Wildman–Crippen LogP) is 2.23. The zero-order valence-electron chi connectivity index (χ0n) is 6.41. The highest BCUT2D eigenvalue weighted by Crippen LogP contribution is 2.22. The van der Waals surface area contributed by atoms with Gasteiger partial charge in [-0.3, -0.25) is 0 Å². The summed E-state index contributed by atoms with van der Waals surface area (Å²) in [5.74, 6) is 0. The van der Waals surface area contributed by atoms with Crippen molar-refractivity contribution in [1.29, 1.82) is 0 Å². The van der Waals surface area contributed by atoms with Gasteiger partial charge in [-0.1, -0.05) is 20.3 Å². The molecule has 0 fully saturated rings. The van der Waals surface area contributed by atoms with E-state index in [-0.39, 0.29) is 6.10 Å². The number of hydrogen-bond acceptors (Lipinski definition) is 2. The van der Waals surface area contributed by atoms with Crippen LogP contribution in [0.4, 0.5) is 0 Å². The van der Waals surface area contributed by atoms with Crippen molar-refractivity contribution in [3.63, 3.8) is 0 Å². The first-order chi connectivity index (χ1) is 4.70. The Morgan fingerprint density at radius 1 is 1.60 bits per heavy atom. The molecule has 1 N–H and O–H groups in total. The highest BCUT2D eigenvalue weighted by molar-refractivity contribution is 7.32. The highest BCUT2D eigenvalue weighted by Gasteiger charge is 2.19. The third-order valence-corrected chi connectivity index (χ3v) is 1.78. The fraction of sp³-hybridized carbons (Fsp3) is 1.00. The molecule has 0 rings (SSSR count). The van der Waals surface area contributed by atoms with Gasteiger partial charge in [0.05, 0.1) is 0 Å². The zero-order chi connectivity index (χ0) is 7.98. The van der Waals surface area contributed by atoms with E-state index in [0.29, 0.717) is 0 Å². The molecule has 0 spiro atoms. The molecule has 0 aromatic heterocycles. The molecule has 0 aliphatic rings. The van der Waals surface area contributed by atoms with E-state index in [2.05, 4.69) is 0 Å². The quantitative estimate of drug-likeness (QED) is 0.635. The van der Waals surface area contributed by atoms with Crippen LogP contribution in [0.25, 0.3) is 0 Å². The summed E-state index contributed by atoms with van der Waals surface area (Å²) in [6, 6.07) is 0. The van der Waals surface area contributed by atoms with Gasteiger partial charge in [-0.15, -0.1) is 9.42 Å². The number of rotatable bonds is 5. The van der Waals surface area contributed by atoms with Crippen molar-refractivity contribution in [3.05, 3.63) is 0 Å². The molecule has 0 aliphatic heterocycles. The third kappa shape index (κ3) is 4.86. The second kappa shape index (κ2) is 5.78. The van der Waals surface area contributed by atoms with Gasteiger partial charge in [0.25, 0.3) is 0 Å². The molecule has 0 aromatic rings. The molecule has 60 valence electrons. The summed E-state index contributed by atoms with van der Waals surface area (Å²) in [4.78, 5) is 8.37. The molecule has 0 heterocycles. The Labute approximate surface area is 62.3 Å². The van der Waals surface area contributed by atoms with E-state index in [1.165, 1.54) is 0 Å². The lowest BCUT2D eigenvalue weighted by Crippen LogP contribution is -2.05. The van der Waals surface area contributed by atoms with Crippen LogP contribution in [0.1, 0.15) is 33.1 Å². The van der Waals surface area contributed by atoms with Crippen molar-refractivity contribution in [2.75, 3.05) is 0 Å². The second-order valence-corrected chi connectivity index (χ2v) is 2.85. The van der Waals surface area contributed by atoms with E-state index in [1.54, 1.807) is 0 Å². The molecular formula is C6H14O3P+. The van der Waals surface area contributed by atoms with Gasteiger partial charge in [-0.25, -0.2) is 0 Å². The lowest BCUT2D eigenvalue weighted by molar-refractivity contribution is 0.174. The molecule has 0 saturated carbocycles. The van der Waals surface area contributed by atoms with Gasteiger partial charge in [0.1, 0.15) is 6.10 Å². The maximum absolute atomic E-state index is 10.2. The third-order valence-electron chi connectivity index (χ3n) is 1.31. The molecule has 0 aliphatic carbocycles. The summed E-state index contributed by atoms with van der Waals surface area (Å²) >= 11 is 0. The fourth-order valence-corrected chi connectivity index (χ4v) is 1.29. The van der Waals surface area contributed by atoms with Crippen LogP contribution >= 0.6 is 8.25 Å². The van der Waals surface area contributed by atoms with E-state index < -0.39 is 8.25 Å². The average Bonchev–Trinajstić information content (AvgIpc) is 1.86. The van der Waals surface area contributed by atoms with Gasteiger partial charge >= 0.3 is 8.25 Å². The normalized spacial score (nSPS) is 14.9. The average molecular weight is 165 g/mol. The van der Waals surface area contributed by atoms with Gasteiger partial charge in [-0.05, 0) is 12.8 Å². The van der Waals surface area contributed by atoms with Crippen molar-refractivity contribution in [3.8, 4) is 0 Å². The van der Waals surface area contributed by atoms with Crippen molar-refractivity contribution in [2.45, 2.75) is 39.2 Å². The predicted molar refractivity (Wildman–Crippen MR) is 39.9 cm³/mol. The molecule has 2 unspecified atom stereocenters. The van der Waals surface area contributed by atoms with E-state index in [0.717, 1.165) is 19.3 Å². The van der Waals surface area contributed by atoms with Crippen LogP contribution in [0.15, 0.2) is 0 Å². The first-order valence-corrected chi connectivity index (χ1v) is 4.66. The molecule has 0 bridgehead atoms. The zero-order valence-corrected chi connectivity index (χ0v) is 7.30. The molecule has 4 heteroatoms. The molecular weight excluding hydrogens is 151 g/mol. The topological polar surface area (TPSA) is 46.5 Å². The Morgan fingerprint density at radius 2 is 2.20 bits per heavy atom. The van der Waals surface area contributed by atoms with Crippen LogP contribution in [-0.2, 0) is 9.09 Å². The lowest BCUT2D eigenvalue weighted by Gasteiger charge is -2.03. The molecule has 3 nitrogen and oxygen atoms in total. The van der Waals surface area contributed by atoms with Gasteiger partial charge in [-0.2, -0.15) is 0 Å². The van der Waals surface area contributed by atoms with Crippen LogP contribution in [-0.4, -0.2) is 11.0 Å². The van der Waals surface area contributed by atoms with Gasteiger partial charge < -0.3 is 0 Å². The van der Waals surface area contributed by atoms with Crippen LogP contribution in [0.2, 0.25) is 0 Å². The van der Waals surface area contributed by atoms with Crippen molar-refractivity contribution >= 4 is 8.25 Å². The summed E-state index contributed by atoms with van der Waals surface area (Å²) in [6.45, 7) is 3.97. The minimum absolute atomic E-state index is 0.0430. The molecule has 0 saturated heterocycles. The van der Waals surface area contributed by atoms with Crippen molar-refractivity contribution in [1.82, 2.24) is 0 Å². The molecule has 10 heavy (non-hydrogen) atoms. The minimum Gasteiger partial charge on any atom is -0.133 e. The highest BCUT2D eigenvalue weighted by atomic mass is 31.1. The largest absolute Gasteiger partial charge is 0.694 e. The molecule has 0 aromatic carbocycles. The van der Waals surface area contributed by atoms with Crippen molar-refractivity contribution in [2.24, 2.45) is 0 Å². The van der Waals surface area contributed by atoms with E-state index >= 15 is 0 Å². The maximum Gasteiger partial charge on any atom is 0.694 e. The Kier molecular flexibility index (Phi) is 5.79. The fourth-order valence-electron chi connectivity index (χ4n) is 0.781. The van der Waals surface area contributed by atoms with Gasteiger partial charge in [0, 0.05) is 4.57 Å². The molecule has 0 radical (unpaired) electrons. The Bertz CT molecular complexity index is 105. The van der Waals surface area contributed by atoms with E-state index in [4.69, 9.17) is 9.42 Å². The van der Waals surface area contributed by atoms with Crippen LogP contribution in [0, 0.1) is 0 Å². The lowest BCUT2D eigenvalue weighted by atomic mass is 10.2. The monoisotopic (exact) mass is 165 g/mol. The summed E-state index contributed by atoms with van der Waals surface area (Å²) < 4.78 is 14.9. The van der Waals surface area contributed by atoms with Gasteiger partial charge in [0.15, 0.2) is 0 Å². The Hall–Kier alpha value is 0.0200. The summed E-state index contributed by atoms with van der Waals surface area (Å²) in [5, 5.41) is 0. The Morgan fingerprint density at radius 3 is 2.50 bits per heavy atom. The smallest absolute Gasteiger partial charge is 0.133 e. The van der Waals surface area contributed by atoms with Crippen molar-refractivity contribution < 1.29 is 14.0 Å². The van der Waals surface area contributed by atoms with Crippen LogP contribution in [0.5, 0.6) is 0 Å². The van der Waals surface area contributed by atoms with Gasteiger partial charge in [0.2, 0.25) is 0 Å². The Balaban J connectivity index is 3.49. The first-order valence-electron chi connectivity index (χ1n) is 3.53.